The Balaban J connectivity index is 2.30. The van der Waals surface area contributed by atoms with Gasteiger partial charge in [0.1, 0.15) is 5.58 Å². The summed E-state index contributed by atoms with van der Waals surface area (Å²) < 4.78 is 10.6. The molecule has 0 spiro atoms. The first-order chi connectivity index (χ1) is 9.22. The Morgan fingerprint density at radius 3 is 2.79 bits per heavy atom. The summed E-state index contributed by atoms with van der Waals surface area (Å²) >= 11 is 0. The van der Waals surface area contributed by atoms with Crippen molar-refractivity contribution < 1.29 is 13.9 Å². The Bertz CT molecular complexity index is 774. The maximum absolute atomic E-state index is 11.8. The molecule has 4 nitrogen and oxygen atoms in total. The maximum Gasteiger partial charge on any atom is 0.376 e. The van der Waals surface area contributed by atoms with Crippen molar-refractivity contribution in [2.45, 2.75) is 6.92 Å². The second-order valence-corrected chi connectivity index (χ2v) is 4.23. The molecule has 0 atom stereocenters. The van der Waals surface area contributed by atoms with Gasteiger partial charge in [-0.15, -0.1) is 0 Å². The Labute approximate surface area is 109 Å². The number of esters is 1. The molecule has 0 aliphatic heterocycles. The number of carbonyl (C=O) groups is 1. The van der Waals surface area contributed by atoms with Crippen LogP contribution in [0.25, 0.3) is 21.7 Å². The van der Waals surface area contributed by atoms with E-state index in [9.17, 15) is 4.79 Å². The van der Waals surface area contributed by atoms with Crippen LogP contribution in [0.4, 0.5) is 5.69 Å². The molecule has 0 bridgehead atoms. The third-order valence-electron chi connectivity index (χ3n) is 3.08. The fourth-order valence-electron chi connectivity index (χ4n) is 2.19. The van der Waals surface area contributed by atoms with Gasteiger partial charge in [-0.25, -0.2) is 4.79 Å². The van der Waals surface area contributed by atoms with Crippen molar-refractivity contribution in [2.75, 3.05) is 12.3 Å². The lowest BCUT2D eigenvalue weighted by Crippen LogP contribution is -2.05. The molecule has 4 heteroatoms. The first-order valence-electron chi connectivity index (χ1n) is 6.09. The van der Waals surface area contributed by atoms with Crippen LogP contribution in [0.5, 0.6) is 0 Å². The average Bonchev–Trinajstić information content (AvgIpc) is 2.77. The highest BCUT2D eigenvalue weighted by molar-refractivity contribution is 6.12. The second kappa shape index (κ2) is 4.31. The molecule has 2 N–H and O–H groups in total. The van der Waals surface area contributed by atoms with E-state index < -0.39 is 5.97 Å². The minimum atomic E-state index is -0.528. The molecule has 19 heavy (non-hydrogen) atoms. The predicted molar refractivity (Wildman–Crippen MR) is 74.1 cm³/mol. The van der Waals surface area contributed by atoms with E-state index in [2.05, 4.69) is 0 Å². The quantitative estimate of drug-likeness (QED) is 0.713. The van der Waals surface area contributed by atoms with E-state index in [0.29, 0.717) is 11.3 Å². The Morgan fingerprint density at radius 2 is 2.00 bits per heavy atom. The van der Waals surface area contributed by atoms with Gasteiger partial charge in [0, 0.05) is 10.8 Å². The van der Waals surface area contributed by atoms with E-state index in [1.54, 1.807) is 6.92 Å². The summed E-state index contributed by atoms with van der Waals surface area (Å²) in [5, 5.41) is 2.71. The van der Waals surface area contributed by atoms with Gasteiger partial charge < -0.3 is 14.9 Å². The fourth-order valence-corrected chi connectivity index (χ4v) is 2.19. The van der Waals surface area contributed by atoms with Crippen LogP contribution in [-0.4, -0.2) is 12.6 Å². The molecule has 96 valence electrons. The van der Waals surface area contributed by atoms with Crippen LogP contribution in [0.1, 0.15) is 17.5 Å². The SMILES string of the molecule is CCOC(=O)c1oc2c(ccc3ccccc32)c1N. The van der Waals surface area contributed by atoms with Crippen molar-refractivity contribution in [3.8, 4) is 0 Å². The molecular formula is C15H13NO3. The number of fused-ring (bicyclic) bond motifs is 3. The molecular weight excluding hydrogens is 242 g/mol. The number of anilines is 1. The molecule has 0 saturated carbocycles. The summed E-state index contributed by atoms with van der Waals surface area (Å²) in [5.41, 5.74) is 6.92. The normalized spacial score (nSPS) is 11.0. The van der Waals surface area contributed by atoms with Crippen LogP contribution in [0.15, 0.2) is 40.8 Å². The van der Waals surface area contributed by atoms with Crippen LogP contribution < -0.4 is 5.73 Å². The Hall–Kier alpha value is -2.49. The monoisotopic (exact) mass is 255 g/mol. The van der Waals surface area contributed by atoms with Gasteiger partial charge in [0.05, 0.1) is 12.3 Å². The predicted octanol–water partition coefficient (Wildman–Crippen LogP) is 3.34. The molecule has 0 radical (unpaired) electrons. The number of hydrogen-bond acceptors (Lipinski definition) is 4. The minimum Gasteiger partial charge on any atom is -0.460 e. The van der Waals surface area contributed by atoms with Crippen LogP contribution in [-0.2, 0) is 4.74 Å². The van der Waals surface area contributed by atoms with E-state index in [1.165, 1.54) is 0 Å². The van der Waals surface area contributed by atoms with Gasteiger partial charge in [0.2, 0.25) is 5.76 Å². The van der Waals surface area contributed by atoms with Gasteiger partial charge in [0.25, 0.3) is 0 Å². The highest BCUT2D eigenvalue weighted by Gasteiger charge is 2.20. The number of nitrogens with two attached hydrogens (primary N) is 1. The molecule has 0 saturated heterocycles. The van der Waals surface area contributed by atoms with Crippen molar-refractivity contribution in [1.29, 1.82) is 0 Å². The molecule has 0 fully saturated rings. The van der Waals surface area contributed by atoms with Gasteiger partial charge >= 0.3 is 5.97 Å². The summed E-state index contributed by atoms with van der Waals surface area (Å²) in [7, 11) is 0. The zero-order valence-corrected chi connectivity index (χ0v) is 10.5. The first-order valence-corrected chi connectivity index (χ1v) is 6.09. The van der Waals surface area contributed by atoms with Crippen molar-refractivity contribution in [3.63, 3.8) is 0 Å². The van der Waals surface area contributed by atoms with E-state index in [-0.39, 0.29) is 12.4 Å². The van der Waals surface area contributed by atoms with Crippen LogP contribution in [0.3, 0.4) is 0 Å². The summed E-state index contributed by atoms with van der Waals surface area (Å²) in [5.74, 6) is -0.450. The maximum atomic E-state index is 11.8. The number of carbonyl (C=O) groups excluding carboxylic acids is 1. The third kappa shape index (κ3) is 1.73. The number of furan rings is 1. The van der Waals surface area contributed by atoms with Gasteiger partial charge in [-0.2, -0.15) is 0 Å². The molecule has 0 aliphatic carbocycles. The molecule has 0 aliphatic rings. The van der Waals surface area contributed by atoms with E-state index in [0.717, 1.165) is 16.2 Å². The lowest BCUT2D eigenvalue weighted by atomic mass is 10.1. The largest absolute Gasteiger partial charge is 0.460 e. The highest BCUT2D eigenvalue weighted by atomic mass is 16.5. The standard InChI is InChI=1S/C15H13NO3/c1-2-18-15(17)14-12(16)11-8-7-9-5-3-4-6-10(9)13(11)19-14/h3-8H,2,16H2,1H3. The highest BCUT2D eigenvalue weighted by Crippen LogP contribution is 2.34. The number of rotatable bonds is 2. The molecule has 1 aromatic heterocycles. The second-order valence-electron chi connectivity index (χ2n) is 4.23. The Kier molecular flexibility index (Phi) is 2.63. The van der Waals surface area contributed by atoms with Crippen LogP contribution in [0.2, 0.25) is 0 Å². The topological polar surface area (TPSA) is 65.5 Å². The van der Waals surface area contributed by atoms with Crippen LogP contribution in [0, 0.1) is 0 Å². The van der Waals surface area contributed by atoms with Gasteiger partial charge in [-0.1, -0.05) is 30.3 Å². The smallest absolute Gasteiger partial charge is 0.376 e. The number of nitrogen functional groups attached to an aromatic ring is 1. The molecule has 0 unspecified atom stereocenters. The van der Waals surface area contributed by atoms with Crippen LogP contribution >= 0.6 is 0 Å². The summed E-state index contributed by atoms with van der Waals surface area (Å²) in [6.07, 6.45) is 0. The molecule has 3 aromatic rings. The molecule has 3 rings (SSSR count). The zero-order chi connectivity index (χ0) is 13.4. The van der Waals surface area contributed by atoms with E-state index >= 15 is 0 Å². The van der Waals surface area contributed by atoms with E-state index in [4.69, 9.17) is 14.9 Å². The Morgan fingerprint density at radius 1 is 1.21 bits per heavy atom. The zero-order valence-electron chi connectivity index (χ0n) is 10.5. The molecule has 0 amide bonds. The summed E-state index contributed by atoms with van der Waals surface area (Å²) in [6.45, 7) is 2.03. The summed E-state index contributed by atoms with van der Waals surface area (Å²) in [4.78, 5) is 11.8. The molecule has 1 heterocycles. The molecule has 2 aromatic carbocycles. The third-order valence-corrected chi connectivity index (χ3v) is 3.08. The lowest BCUT2D eigenvalue weighted by molar-refractivity contribution is 0.0494. The minimum absolute atomic E-state index is 0.0770. The van der Waals surface area contributed by atoms with Crippen molar-refractivity contribution in [2.24, 2.45) is 0 Å². The van der Waals surface area contributed by atoms with Crippen molar-refractivity contribution in [3.05, 3.63) is 42.2 Å². The number of ether oxygens (including phenoxy) is 1. The van der Waals surface area contributed by atoms with E-state index in [1.807, 2.05) is 36.4 Å². The lowest BCUT2D eigenvalue weighted by Gasteiger charge is -1.97. The van der Waals surface area contributed by atoms with Gasteiger partial charge in [0.15, 0.2) is 0 Å². The number of benzene rings is 2. The van der Waals surface area contributed by atoms with Crippen molar-refractivity contribution in [1.82, 2.24) is 0 Å². The number of hydrogen-bond donors (Lipinski definition) is 1. The van der Waals surface area contributed by atoms with Gasteiger partial charge in [-0.3, -0.25) is 0 Å². The summed E-state index contributed by atoms with van der Waals surface area (Å²) in [6, 6.07) is 11.6. The van der Waals surface area contributed by atoms with Gasteiger partial charge in [-0.05, 0) is 18.4 Å². The van der Waals surface area contributed by atoms with Crippen molar-refractivity contribution >= 4 is 33.4 Å². The first kappa shape index (κ1) is 11.6. The fraction of sp³-hybridized carbons (Fsp3) is 0.133. The average molecular weight is 255 g/mol.